The quantitative estimate of drug-likeness (QED) is 0.769. The van der Waals surface area contributed by atoms with Crippen molar-refractivity contribution in [1.29, 1.82) is 0 Å². The standard InChI is InChI=1S/C14H16N6/c1-2-19-9-15-7-14(19)8-16-12-4-3-5-13(6-12)20-10-17-18-11-20/h3-7,9-11,16H,2,8H2,1H3. The molecule has 0 aliphatic rings. The van der Waals surface area contributed by atoms with Crippen LogP contribution in [0, 0.1) is 0 Å². The lowest BCUT2D eigenvalue weighted by atomic mass is 10.2. The van der Waals surface area contributed by atoms with Crippen LogP contribution in [0.3, 0.4) is 0 Å². The minimum absolute atomic E-state index is 0.749. The third kappa shape index (κ3) is 2.54. The molecule has 0 aliphatic carbocycles. The Labute approximate surface area is 117 Å². The van der Waals surface area contributed by atoms with E-state index in [1.807, 2.05) is 35.3 Å². The van der Waals surface area contributed by atoms with Gasteiger partial charge in [-0.25, -0.2) is 4.98 Å². The van der Waals surface area contributed by atoms with Crippen molar-refractivity contribution < 1.29 is 0 Å². The first-order valence-corrected chi connectivity index (χ1v) is 6.55. The second-order valence-electron chi connectivity index (χ2n) is 4.44. The number of benzene rings is 1. The van der Waals surface area contributed by atoms with Gasteiger partial charge in [0.05, 0.1) is 24.3 Å². The second-order valence-corrected chi connectivity index (χ2v) is 4.44. The summed E-state index contributed by atoms with van der Waals surface area (Å²) in [5.41, 5.74) is 3.26. The van der Waals surface area contributed by atoms with Crippen LogP contribution in [0.5, 0.6) is 0 Å². The molecule has 20 heavy (non-hydrogen) atoms. The number of nitrogens with zero attached hydrogens (tertiary/aromatic N) is 5. The Morgan fingerprint density at radius 1 is 1.15 bits per heavy atom. The highest BCUT2D eigenvalue weighted by atomic mass is 15.2. The molecule has 1 aromatic carbocycles. The van der Waals surface area contributed by atoms with Crippen LogP contribution >= 0.6 is 0 Å². The van der Waals surface area contributed by atoms with Gasteiger partial charge in [0.25, 0.3) is 0 Å². The van der Waals surface area contributed by atoms with E-state index in [0.29, 0.717) is 0 Å². The fraction of sp³-hybridized carbons (Fsp3) is 0.214. The smallest absolute Gasteiger partial charge is 0.123 e. The minimum Gasteiger partial charge on any atom is -0.379 e. The molecule has 3 aromatic rings. The molecule has 0 fully saturated rings. The van der Waals surface area contributed by atoms with Crippen LogP contribution in [-0.4, -0.2) is 24.3 Å². The Hall–Kier alpha value is -2.63. The van der Waals surface area contributed by atoms with Gasteiger partial charge >= 0.3 is 0 Å². The number of anilines is 1. The average molecular weight is 268 g/mol. The number of aryl methyl sites for hydroxylation is 1. The van der Waals surface area contributed by atoms with Gasteiger partial charge < -0.3 is 9.88 Å². The van der Waals surface area contributed by atoms with Crippen LogP contribution in [0.1, 0.15) is 12.6 Å². The molecule has 2 heterocycles. The molecule has 1 N–H and O–H groups in total. The van der Waals surface area contributed by atoms with Crippen molar-refractivity contribution in [2.45, 2.75) is 20.0 Å². The first-order chi connectivity index (χ1) is 9.86. The Bertz CT molecular complexity index is 671. The van der Waals surface area contributed by atoms with Gasteiger partial charge in [0.1, 0.15) is 12.7 Å². The SMILES string of the molecule is CCn1cncc1CNc1cccc(-n2cnnc2)c1. The summed E-state index contributed by atoms with van der Waals surface area (Å²) >= 11 is 0. The van der Waals surface area contributed by atoms with E-state index in [4.69, 9.17) is 0 Å². The molecular weight excluding hydrogens is 252 g/mol. The van der Waals surface area contributed by atoms with E-state index in [1.165, 1.54) is 5.69 Å². The number of rotatable bonds is 5. The molecule has 0 unspecified atom stereocenters. The van der Waals surface area contributed by atoms with Crippen molar-refractivity contribution in [1.82, 2.24) is 24.3 Å². The fourth-order valence-electron chi connectivity index (χ4n) is 2.08. The zero-order valence-electron chi connectivity index (χ0n) is 11.3. The topological polar surface area (TPSA) is 60.6 Å². The summed E-state index contributed by atoms with van der Waals surface area (Å²) in [6, 6.07) is 8.14. The number of nitrogens with one attached hydrogen (secondary N) is 1. The summed E-state index contributed by atoms with van der Waals surface area (Å²) in [5, 5.41) is 11.0. The van der Waals surface area contributed by atoms with Gasteiger partial charge in [0.2, 0.25) is 0 Å². The monoisotopic (exact) mass is 268 g/mol. The summed E-state index contributed by atoms with van der Waals surface area (Å²) in [4.78, 5) is 4.17. The lowest BCUT2D eigenvalue weighted by Crippen LogP contribution is -2.06. The number of aromatic nitrogens is 5. The maximum absolute atomic E-state index is 4.17. The number of imidazole rings is 1. The molecule has 0 amide bonds. The predicted molar refractivity (Wildman–Crippen MR) is 76.6 cm³/mol. The van der Waals surface area contributed by atoms with Crippen LogP contribution in [0.15, 0.2) is 49.4 Å². The molecule has 6 nitrogen and oxygen atoms in total. The first kappa shape index (κ1) is 12.4. The van der Waals surface area contributed by atoms with Crippen LogP contribution in [0.25, 0.3) is 5.69 Å². The molecule has 0 bridgehead atoms. The van der Waals surface area contributed by atoms with Gasteiger partial charge in [-0.15, -0.1) is 10.2 Å². The Balaban J connectivity index is 1.74. The zero-order chi connectivity index (χ0) is 13.8. The van der Waals surface area contributed by atoms with Gasteiger partial charge in [-0.05, 0) is 25.1 Å². The Morgan fingerprint density at radius 2 is 2.00 bits per heavy atom. The van der Waals surface area contributed by atoms with E-state index in [2.05, 4.69) is 38.1 Å². The van der Waals surface area contributed by atoms with Crippen molar-refractivity contribution in [3.8, 4) is 5.69 Å². The van der Waals surface area contributed by atoms with Gasteiger partial charge in [0.15, 0.2) is 0 Å². The highest BCUT2D eigenvalue weighted by Crippen LogP contribution is 2.15. The van der Waals surface area contributed by atoms with Crippen molar-refractivity contribution in [3.63, 3.8) is 0 Å². The minimum atomic E-state index is 0.749. The maximum atomic E-state index is 4.17. The molecule has 102 valence electrons. The molecule has 0 saturated carbocycles. The lowest BCUT2D eigenvalue weighted by Gasteiger charge is -2.10. The first-order valence-electron chi connectivity index (χ1n) is 6.55. The van der Waals surface area contributed by atoms with E-state index < -0.39 is 0 Å². The van der Waals surface area contributed by atoms with Gasteiger partial charge in [0, 0.05) is 18.4 Å². The summed E-state index contributed by atoms with van der Waals surface area (Å²) < 4.78 is 4.00. The van der Waals surface area contributed by atoms with E-state index in [1.54, 1.807) is 12.7 Å². The third-order valence-electron chi connectivity index (χ3n) is 3.18. The summed E-state index contributed by atoms with van der Waals surface area (Å²) in [6.45, 7) is 3.79. The average Bonchev–Trinajstić information content (AvgIpc) is 3.16. The predicted octanol–water partition coefficient (Wildman–Crippen LogP) is 2.10. The van der Waals surface area contributed by atoms with E-state index in [9.17, 15) is 0 Å². The van der Waals surface area contributed by atoms with Crippen LogP contribution in [0.2, 0.25) is 0 Å². The van der Waals surface area contributed by atoms with Crippen molar-refractivity contribution in [3.05, 3.63) is 55.1 Å². The highest BCUT2D eigenvalue weighted by molar-refractivity contribution is 5.51. The van der Waals surface area contributed by atoms with Crippen LogP contribution in [-0.2, 0) is 13.1 Å². The van der Waals surface area contributed by atoms with Crippen LogP contribution < -0.4 is 5.32 Å². The van der Waals surface area contributed by atoms with E-state index in [-0.39, 0.29) is 0 Å². The van der Waals surface area contributed by atoms with Gasteiger partial charge in [-0.2, -0.15) is 0 Å². The largest absolute Gasteiger partial charge is 0.379 e. The Kier molecular flexibility index (Phi) is 3.45. The molecule has 0 atom stereocenters. The second kappa shape index (κ2) is 5.56. The molecule has 0 spiro atoms. The molecule has 0 saturated heterocycles. The molecule has 0 radical (unpaired) electrons. The molecule has 3 rings (SSSR count). The lowest BCUT2D eigenvalue weighted by molar-refractivity contribution is 0.719. The van der Waals surface area contributed by atoms with E-state index >= 15 is 0 Å². The normalized spacial score (nSPS) is 10.7. The zero-order valence-corrected chi connectivity index (χ0v) is 11.3. The van der Waals surface area contributed by atoms with E-state index in [0.717, 1.165) is 24.5 Å². The van der Waals surface area contributed by atoms with Gasteiger partial charge in [-0.3, -0.25) is 4.57 Å². The molecule has 2 aromatic heterocycles. The molecular formula is C14H16N6. The van der Waals surface area contributed by atoms with Crippen molar-refractivity contribution in [2.24, 2.45) is 0 Å². The Morgan fingerprint density at radius 3 is 2.80 bits per heavy atom. The van der Waals surface area contributed by atoms with Crippen molar-refractivity contribution >= 4 is 5.69 Å². The fourth-order valence-corrected chi connectivity index (χ4v) is 2.08. The molecule has 0 aliphatic heterocycles. The summed E-state index contributed by atoms with van der Waals surface area (Å²) in [6.07, 6.45) is 7.11. The number of hydrogen-bond acceptors (Lipinski definition) is 4. The summed E-state index contributed by atoms with van der Waals surface area (Å²) in [7, 11) is 0. The van der Waals surface area contributed by atoms with Crippen LogP contribution in [0.4, 0.5) is 5.69 Å². The summed E-state index contributed by atoms with van der Waals surface area (Å²) in [5.74, 6) is 0. The molecule has 6 heteroatoms. The van der Waals surface area contributed by atoms with Gasteiger partial charge in [-0.1, -0.05) is 6.07 Å². The number of hydrogen-bond donors (Lipinski definition) is 1. The maximum Gasteiger partial charge on any atom is 0.123 e. The highest BCUT2D eigenvalue weighted by Gasteiger charge is 2.01. The third-order valence-corrected chi connectivity index (χ3v) is 3.18. The van der Waals surface area contributed by atoms with Crippen molar-refractivity contribution in [2.75, 3.05) is 5.32 Å².